The topological polar surface area (TPSA) is 29.3 Å². The van der Waals surface area contributed by atoms with E-state index >= 15 is 0 Å². The van der Waals surface area contributed by atoms with Crippen molar-refractivity contribution in [3.05, 3.63) is 28.8 Å². The number of aryl methyl sites for hydroxylation is 1. The molecule has 2 nitrogen and oxygen atoms in total. The number of hydrogen-bond donors (Lipinski definition) is 1. The molecule has 0 aromatic heterocycles. The predicted molar refractivity (Wildman–Crippen MR) is 55.6 cm³/mol. The van der Waals surface area contributed by atoms with Gasteiger partial charge in [0.1, 0.15) is 0 Å². The number of nitrogens with zero attached hydrogens (tertiary/aromatic N) is 1. The Bertz CT molecular complexity index is 331. The number of nitrogen functional groups attached to an aromatic ring is 1. The van der Waals surface area contributed by atoms with Crippen molar-refractivity contribution in [2.24, 2.45) is 0 Å². The predicted octanol–water partition coefficient (Wildman–Crippen LogP) is 1.57. The molecule has 1 aliphatic heterocycles. The van der Waals surface area contributed by atoms with Gasteiger partial charge in [0.05, 0.1) is 0 Å². The molecule has 2 heteroatoms. The fourth-order valence-corrected chi connectivity index (χ4v) is 1.94. The Balaban J connectivity index is 2.47. The first-order valence-electron chi connectivity index (χ1n) is 4.74. The van der Waals surface area contributed by atoms with Crippen LogP contribution in [0, 0.1) is 6.92 Å². The van der Waals surface area contributed by atoms with E-state index in [1.165, 1.54) is 16.7 Å². The Hall–Kier alpha value is -1.02. The Labute approximate surface area is 79.4 Å². The van der Waals surface area contributed by atoms with Crippen molar-refractivity contribution < 1.29 is 0 Å². The van der Waals surface area contributed by atoms with E-state index in [0.717, 1.165) is 25.2 Å². The molecule has 0 amide bonds. The van der Waals surface area contributed by atoms with Gasteiger partial charge in [-0.1, -0.05) is 12.1 Å². The number of benzene rings is 1. The van der Waals surface area contributed by atoms with E-state index in [-0.39, 0.29) is 0 Å². The second-order valence-electron chi connectivity index (χ2n) is 3.92. The van der Waals surface area contributed by atoms with Crippen LogP contribution in [-0.2, 0) is 13.0 Å². The monoisotopic (exact) mass is 176 g/mol. The molecule has 0 saturated heterocycles. The van der Waals surface area contributed by atoms with Gasteiger partial charge in [0.25, 0.3) is 0 Å². The van der Waals surface area contributed by atoms with Gasteiger partial charge in [0.15, 0.2) is 0 Å². The van der Waals surface area contributed by atoms with Gasteiger partial charge in [-0.15, -0.1) is 0 Å². The number of fused-ring (bicyclic) bond motifs is 1. The first-order valence-corrected chi connectivity index (χ1v) is 4.74. The second-order valence-corrected chi connectivity index (χ2v) is 3.92. The quantitative estimate of drug-likeness (QED) is 0.608. The SMILES string of the molecule is Cc1ccc2c(c1N)CCN(C)C2. The van der Waals surface area contributed by atoms with E-state index in [0.29, 0.717) is 0 Å². The van der Waals surface area contributed by atoms with Crippen molar-refractivity contribution in [1.82, 2.24) is 4.90 Å². The Morgan fingerprint density at radius 1 is 1.38 bits per heavy atom. The highest BCUT2D eigenvalue weighted by atomic mass is 15.1. The van der Waals surface area contributed by atoms with Crippen LogP contribution in [0.15, 0.2) is 12.1 Å². The highest BCUT2D eigenvalue weighted by Crippen LogP contribution is 2.26. The molecule has 0 atom stereocenters. The molecule has 0 bridgehead atoms. The molecule has 0 unspecified atom stereocenters. The van der Waals surface area contributed by atoms with Gasteiger partial charge >= 0.3 is 0 Å². The van der Waals surface area contributed by atoms with Crippen LogP contribution in [0.3, 0.4) is 0 Å². The summed E-state index contributed by atoms with van der Waals surface area (Å²) in [6.07, 6.45) is 1.10. The standard InChI is InChI=1S/C11H16N2/c1-8-3-4-9-7-13(2)6-5-10(9)11(8)12/h3-4H,5-7,12H2,1-2H3. The van der Waals surface area contributed by atoms with Crippen molar-refractivity contribution in [2.45, 2.75) is 19.9 Å². The van der Waals surface area contributed by atoms with E-state index < -0.39 is 0 Å². The van der Waals surface area contributed by atoms with Gasteiger partial charge in [0, 0.05) is 18.8 Å². The Kier molecular flexibility index (Phi) is 2.00. The summed E-state index contributed by atoms with van der Waals surface area (Å²) in [7, 11) is 2.15. The molecule has 13 heavy (non-hydrogen) atoms. The number of rotatable bonds is 0. The van der Waals surface area contributed by atoms with Gasteiger partial charge in [0.2, 0.25) is 0 Å². The van der Waals surface area contributed by atoms with Gasteiger partial charge in [-0.3, -0.25) is 0 Å². The summed E-state index contributed by atoms with van der Waals surface area (Å²) >= 11 is 0. The molecule has 0 spiro atoms. The van der Waals surface area contributed by atoms with E-state index in [9.17, 15) is 0 Å². The second kappa shape index (κ2) is 3.04. The molecule has 0 aliphatic carbocycles. The molecule has 1 aromatic carbocycles. The van der Waals surface area contributed by atoms with Gasteiger partial charge < -0.3 is 10.6 Å². The third-order valence-electron chi connectivity index (χ3n) is 2.86. The average molecular weight is 176 g/mol. The van der Waals surface area contributed by atoms with Crippen LogP contribution in [0.5, 0.6) is 0 Å². The fourth-order valence-electron chi connectivity index (χ4n) is 1.94. The summed E-state index contributed by atoms with van der Waals surface area (Å²) < 4.78 is 0. The molecule has 2 rings (SSSR count). The van der Waals surface area contributed by atoms with Crippen LogP contribution in [-0.4, -0.2) is 18.5 Å². The summed E-state index contributed by atoms with van der Waals surface area (Å²) in [5, 5.41) is 0. The van der Waals surface area contributed by atoms with Crippen LogP contribution >= 0.6 is 0 Å². The minimum Gasteiger partial charge on any atom is -0.398 e. The zero-order chi connectivity index (χ0) is 9.42. The van der Waals surface area contributed by atoms with E-state index in [1.807, 2.05) is 0 Å². The molecule has 70 valence electrons. The lowest BCUT2D eigenvalue weighted by molar-refractivity contribution is 0.313. The first-order chi connectivity index (χ1) is 6.18. The van der Waals surface area contributed by atoms with E-state index in [4.69, 9.17) is 5.73 Å². The van der Waals surface area contributed by atoms with Crippen molar-refractivity contribution in [3.63, 3.8) is 0 Å². The van der Waals surface area contributed by atoms with E-state index in [2.05, 4.69) is 31.0 Å². The molecule has 1 aromatic rings. The molecule has 0 radical (unpaired) electrons. The number of likely N-dealkylation sites (N-methyl/N-ethyl adjacent to an activating group) is 1. The molecule has 1 heterocycles. The van der Waals surface area contributed by atoms with Crippen LogP contribution in [0.1, 0.15) is 16.7 Å². The molecular weight excluding hydrogens is 160 g/mol. The van der Waals surface area contributed by atoms with E-state index in [1.54, 1.807) is 0 Å². The number of hydrogen-bond acceptors (Lipinski definition) is 2. The van der Waals surface area contributed by atoms with Crippen molar-refractivity contribution in [2.75, 3.05) is 19.3 Å². The normalized spacial score (nSPS) is 17.1. The van der Waals surface area contributed by atoms with Gasteiger partial charge in [-0.2, -0.15) is 0 Å². The summed E-state index contributed by atoms with van der Waals surface area (Å²) in [5.41, 5.74) is 11.0. The summed E-state index contributed by atoms with van der Waals surface area (Å²) in [6.45, 7) is 4.24. The van der Waals surface area contributed by atoms with Crippen LogP contribution in [0.25, 0.3) is 0 Å². The lowest BCUT2D eigenvalue weighted by atomic mass is 9.96. The highest BCUT2D eigenvalue weighted by Gasteiger charge is 2.15. The van der Waals surface area contributed by atoms with Crippen LogP contribution < -0.4 is 5.73 Å². The fraction of sp³-hybridized carbons (Fsp3) is 0.455. The Morgan fingerprint density at radius 2 is 2.15 bits per heavy atom. The minimum atomic E-state index is 1.01. The number of nitrogens with two attached hydrogens (primary N) is 1. The zero-order valence-corrected chi connectivity index (χ0v) is 8.30. The van der Waals surface area contributed by atoms with Crippen molar-refractivity contribution in [3.8, 4) is 0 Å². The highest BCUT2D eigenvalue weighted by molar-refractivity contribution is 5.57. The molecular formula is C11H16N2. The molecule has 1 aliphatic rings. The third kappa shape index (κ3) is 1.42. The summed E-state index contributed by atoms with van der Waals surface area (Å²) in [6, 6.07) is 4.32. The van der Waals surface area contributed by atoms with Gasteiger partial charge in [-0.05, 0) is 37.1 Å². The van der Waals surface area contributed by atoms with Crippen LogP contribution in [0.2, 0.25) is 0 Å². The van der Waals surface area contributed by atoms with Crippen molar-refractivity contribution in [1.29, 1.82) is 0 Å². The largest absolute Gasteiger partial charge is 0.398 e. The average Bonchev–Trinajstić information content (AvgIpc) is 2.12. The van der Waals surface area contributed by atoms with Crippen LogP contribution in [0.4, 0.5) is 5.69 Å². The van der Waals surface area contributed by atoms with Gasteiger partial charge in [-0.25, -0.2) is 0 Å². The number of anilines is 1. The molecule has 0 fully saturated rings. The maximum atomic E-state index is 6.03. The summed E-state index contributed by atoms with van der Waals surface area (Å²) in [4.78, 5) is 2.33. The Morgan fingerprint density at radius 3 is 2.92 bits per heavy atom. The lowest BCUT2D eigenvalue weighted by Gasteiger charge is -2.26. The smallest absolute Gasteiger partial charge is 0.0380 e. The molecule has 2 N–H and O–H groups in total. The molecule has 0 saturated carbocycles. The first kappa shape index (κ1) is 8.57. The third-order valence-corrected chi connectivity index (χ3v) is 2.86. The zero-order valence-electron chi connectivity index (χ0n) is 8.30. The van der Waals surface area contributed by atoms with Crippen molar-refractivity contribution >= 4 is 5.69 Å². The maximum absolute atomic E-state index is 6.03. The minimum absolute atomic E-state index is 1.01. The summed E-state index contributed by atoms with van der Waals surface area (Å²) in [5.74, 6) is 0. The maximum Gasteiger partial charge on any atom is 0.0380 e. The lowest BCUT2D eigenvalue weighted by Crippen LogP contribution is -2.27.